The van der Waals surface area contributed by atoms with Crippen LogP contribution < -0.4 is 5.32 Å². The maximum atomic E-state index is 11.8. The first-order valence-corrected chi connectivity index (χ1v) is 6.22. The number of carbonyl (C=O) groups excluding carboxylic acids is 1. The number of halogens is 1. The highest BCUT2D eigenvalue weighted by molar-refractivity contribution is 9.10. The highest BCUT2D eigenvalue weighted by Gasteiger charge is 2.12. The van der Waals surface area contributed by atoms with E-state index in [1.807, 2.05) is 24.3 Å². The van der Waals surface area contributed by atoms with Crippen molar-refractivity contribution in [3.05, 3.63) is 34.3 Å². The van der Waals surface area contributed by atoms with E-state index in [1.54, 1.807) is 0 Å². The van der Waals surface area contributed by atoms with Crippen molar-refractivity contribution in [1.29, 1.82) is 0 Å². The fourth-order valence-electron chi connectivity index (χ4n) is 1.29. The quantitative estimate of drug-likeness (QED) is 0.902. The predicted molar refractivity (Wildman–Crippen MR) is 70.5 cm³/mol. The first-order chi connectivity index (χ1) is 7.40. The molecule has 0 unspecified atom stereocenters. The molecule has 0 saturated heterocycles. The minimum Gasteiger partial charge on any atom is -0.352 e. The molecule has 0 aliphatic carbocycles. The Bertz CT molecular complexity index is 368. The monoisotopic (exact) mass is 283 g/mol. The van der Waals surface area contributed by atoms with Gasteiger partial charge in [-0.3, -0.25) is 4.79 Å². The van der Waals surface area contributed by atoms with Gasteiger partial charge < -0.3 is 5.32 Å². The molecule has 0 atom stereocenters. The lowest BCUT2D eigenvalue weighted by atomic mass is 9.92. The smallest absolute Gasteiger partial charge is 0.252 e. The van der Waals surface area contributed by atoms with Crippen LogP contribution in [-0.2, 0) is 0 Å². The standard InChI is InChI=1S/C13H18BrNO/c1-13(2,3)8-9-15-12(16)10-6-4-5-7-11(10)14/h4-7H,8-9H2,1-3H3,(H,15,16). The lowest BCUT2D eigenvalue weighted by molar-refractivity contribution is 0.0949. The fraction of sp³-hybridized carbons (Fsp3) is 0.462. The molecule has 0 saturated carbocycles. The zero-order chi connectivity index (χ0) is 12.2. The van der Waals surface area contributed by atoms with E-state index in [4.69, 9.17) is 0 Å². The van der Waals surface area contributed by atoms with Gasteiger partial charge in [-0.1, -0.05) is 32.9 Å². The molecule has 3 heteroatoms. The van der Waals surface area contributed by atoms with E-state index in [2.05, 4.69) is 42.0 Å². The predicted octanol–water partition coefficient (Wildman–Crippen LogP) is 3.62. The van der Waals surface area contributed by atoms with Gasteiger partial charge in [0, 0.05) is 11.0 Å². The maximum absolute atomic E-state index is 11.8. The molecule has 0 heterocycles. The van der Waals surface area contributed by atoms with Crippen molar-refractivity contribution in [2.75, 3.05) is 6.54 Å². The van der Waals surface area contributed by atoms with E-state index in [0.29, 0.717) is 12.1 Å². The van der Waals surface area contributed by atoms with E-state index in [9.17, 15) is 4.79 Å². The van der Waals surface area contributed by atoms with Crippen molar-refractivity contribution in [2.24, 2.45) is 5.41 Å². The van der Waals surface area contributed by atoms with E-state index in [1.165, 1.54) is 0 Å². The summed E-state index contributed by atoms with van der Waals surface area (Å²) in [6, 6.07) is 7.45. The van der Waals surface area contributed by atoms with E-state index < -0.39 is 0 Å². The van der Waals surface area contributed by atoms with Gasteiger partial charge in [0.05, 0.1) is 5.56 Å². The van der Waals surface area contributed by atoms with Gasteiger partial charge in [-0.15, -0.1) is 0 Å². The summed E-state index contributed by atoms with van der Waals surface area (Å²) < 4.78 is 0.836. The summed E-state index contributed by atoms with van der Waals surface area (Å²) in [6.45, 7) is 7.20. The topological polar surface area (TPSA) is 29.1 Å². The van der Waals surface area contributed by atoms with Gasteiger partial charge in [-0.2, -0.15) is 0 Å². The highest BCUT2D eigenvalue weighted by atomic mass is 79.9. The van der Waals surface area contributed by atoms with E-state index in [0.717, 1.165) is 10.9 Å². The number of hydrogen-bond donors (Lipinski definition) is 1. The fourth-order valence-corrected chi connectivity index (χ4v) is 1.76. The Labute approximate surface area is 106 Å². The Morgan fingerprint density at radius 1 is 1.31 bits per heavy atom. The van der Waals surface area contributed by atoms with Crippen LogP contribution in [0.4, 0.5) is 0 Å². The van der Waals surface area contributed by atoms with Crippen molar-refractivity contribution in [3.63, 3.8) is 0 Å². The van der Waals surface area contributed by atoms with Crippen molar-refractivity contribution >= 4 is 21.8 Å². The Balaban J connectivity index is 2.51. The zero-order valence-corrected chi connectivity index (χ0v) is 11.6. The Hall–Kier alpha value is -0.830. The van der Waals surface area contributed by atoms with Gasteiger partial charge in [0.15, 0.2) is 0 Å². The molecular formula is C13H18BrNO. The third-order valence-corrected chi connectivity index (χ3v) is 2.97. The summed E-state index contributed by atoms with van der Waals surface area (Å²) in [4.78, 5) is 11.8. The molecule has 0 aliphatic rings. The van der Waals surface area contributed by atoms with Gasteiger partial charge in [0.2, 0.25) is 0 Å². The molecule has 2 nitrogen and oxygen atoms in total. The van der Waals surface area contributed by atoms with Crippen LogP contribution in [0.25, 0.3) is 0 Å². The maximum Gasteiger partial charge on any atom is 0.252 e. The molecule has 1 amide bonds. The first kappa shape index (κ1) is 13.2. The number of carbonyl (C=O) groups is 1. The Morgan fingerprint density at radius 3 is 2.50 bits per heavy atom. The number of benzene rings is 1. The Kier molecular flexibility index (Phi) is 4.54. The van der Waals surface area contributed by atoms with Crippen LogP contribution in [0.15, 0.2) is 28.7 Å². The van der Waals surface area contributed by atoms with Crippen LogP contribution in [0.5, 0.6) is 0 Å². The molecule has 0 aliphatic heterocycles. The lowest BCUT2D eigenvalue weighted by Crippen LogP contribution is -2.27. The van der Waals surface area contributed by atoms with Gasteiger partial charge in [-0.05, 0) is 39.9 Å². The second-order valence-electron chi connectivity index (χ2n) is 5.05. The summed E-state index contributed by atoms with van der Waals surface area (Å²) in [7, 11) is 0. The van der Waals surface area contributed by atoms with Crippen molar-refractivity contribution in [1.82, 2.24) is 5.32 Å². The summed E-state index contributed by atoms with van der Waals surface area (Å²) in [5.41, 5.74) is 0.942. The third kappa shape index (κ3) is 4.35. The second kappa shape index (κ2) is 5.48. The molecule has 0 fully saturated rings. The lowest BCUT2D eigenvalue weighted by Gasteiger charge is -2.18. The van der Waals surface area contributed by atoms with Gasteiger partial charge >= 0.3 is 0 Å². The Morgan fingerprint density at radius 2 is 1.94 bits per heavy atom. The van der Waals surface area contributed by atoms with E-state index in [-0.39, 0.29) is 11.3 Å². The molecule has 0 bridgehead atoms. The molecule has 1 aromatic rings. The number of hydrogen-bond acceptors (Lipinski definition) is 1. The van der Waals surface area contributed by atoms with Crippen molar-refractivity contribution in [2.45, 2.75) is 27.2 Å². The summed E-state index contributed by atoms with van der Waals surface area (Å²) in [5, 5.41) is 2.93. The molecule has 1 aromatic carbocycles. The summed E-state index contributed by atoms with van der Waals surface area (Å²) >= 11 is 3.37. The number of rotatable bonds is 3. The van der Waals surface area contributed by atoms with Crippen LogP contribution in [0.1, 0.15) is 37.6 Å². The average molecular weight is 284 g/mol. The van der Waals surface area contributed by atoms with Crippen molar-refractivity contribution in [3.8, 4) is 0 Å². The largest absolute Gasteiger partial charge is 0.352 e. The van der Waals surface area contributed by atoms with Gasteiger partial charge in [0.1, 0.15) is 0 Å². The zero-order valence-electron chi connectivity index (χ0n) is 10.0. The summed E-state index contributed by atoms with van der Waals surface area (Å²) in [6.07, 6.45) is 0.975. The van der Waals surface area contributed by atoms with Crippen LogP contribution >= 0.6 is 15.9 Å². The minimum absolute atomic E-state index is 0.0169. The first-order valence-electron chi connectivity index (χ1n) is 5.43. The molecule has 1 N–H and O–H groups in total. The SMILES string of the molecule is CC(C)(C)CCNC(=O)c1ccccc1Br. The molecule has 1 rings (SSSR count). The second-order valence-corrected chi connectivity index (χ2v) is 5.90. The molecule has 88 valence electrons. The van der Waals surface area contributed by atoms with Crippen molar-refractivity contribution < 1.29 is 4.79 Å². The van der Waals surface area contributed by atoms with Crippen LogP contribution in [0, 0.1) is 5.41 Å². The highest BCUT2D eigenvalue weighted by Crippen LogP contribution is 2.18. The van der Waals surface area contributed by atoms with Gasteiger partial charge in [0.25, 0.3) is 5.91 Å². The summed E-state index contributed by atoms with van der Waals surface area (Å²) in [5.74, 6) is -0.0169. The normalized spacial score (nSPS) is 11.2. The molecular weight excluding hydrogens is 266 g/mol. The molecule has 0 aromatic heterocycles. The molecule has 16 heavy (non-hydrogen) atoms. The van der Waals surface area contributed by atoms with Crippen LogP contribution in [0.2, 0.25) is 0 Å². The molecule has 0 spiro atoms. The van der Waals surface area contributed by atoms with Crippen LogP contribution in [-0.4, -0.2) is 12.5 Å². The van der Waals surface area contributed by atoms with E-state index >= 15 is 0 Å². The molecule has 0 radical (unpaired) electrons. The number of amides is 1. The third-order valence-electron chi connectivity index (χ3n) is 2.28. The minimum atomic E-state index is -0.0169. The van der Waals surface area contributed by atoms with Gasteiger partial charge in [-0.25, -0.2) is 0 Å². The van der Waals surface area contributed by atoms with Crippen LogP contribution in [0.3, 0.4) is 0 Å². The average Bonchev–Trinajstić information content (AvgIpc) is 2.16. The number of nitrogens with one attached hydrogen (secondary N) is 1.